The van der Waals surface area contributed by atoms with E-state index in [9.17, 15) is 0 Å². The molecule has 0 atom stereocenters. The molecule has 4 nitrogen and oxygen atoms in total. The molecule has 0 bridgehead atoms. The van der Waals surface area contributed by atoms with Gasteiger partial charge < -0.3 is 14.8 Å². The van der Waals surface area contributed by atoms with Crippen molar-refractivity contribution >= 4 is 11.0 Å². The summed E-state index contributed by atoms with van der Waals surface area (Å²) in [7, 11) is 0. The van der Waals surface area contributed by atoms with Crippen LogP contribution in [0.4, 0.5) is 0 Å². The molecule has 0 fully saturated rings. The number of rotatable bonds is 5. The van der Waals surface area contributed by atoms with Gasteiger partial charge in [-0.2, -0.15) is 0 Å². The lowest BCUT2D eigenvalue weighted by atomic mass is 10.1. The minimum absolute atomic E-state index is 0.0829. The number of benzene rings is 1. The molecule has 0 saturated heterocycles. The lowest BCUT2D eigenvalue weighted by molar-refractivity contribution is 0.0944. The molecular weight excluding hydrogens is 192 g/mol. The Kier molecular flexibility index (Phi) is 3.32. The average molecular weight is 206 g/mol. The SMILES string of the molecule is OCCOCCc1ccc2nc[nH]c2c1. The number of nitrogens with one attached hydrogen (secondary N) is 1. The van der Waals surface area contributed by atoms with Gasteiger partial charge in [-0.15, -0.1) is 0 Å². The maximum atomic E-state index is 8.54. The molecule has 0 aliphatic heterocycles. The van der Waals surface area contributed by atoms with Crippen LogP contribution in [0.2, 0.25) is 0 Å². The normalized spacial score (nSPS) is 11.0. The van der Waals surface area contributed by atoms with Crippen molar-refractivity contribution in [1.82, 2.24) is 9.97 Å². The molecule has 2 N–H and O–H groups in total. The van der Waals surface area contributed by atoms with Crippen LogP contribution < -0.4 is 0 Å². The van der Waals surface area contributed by atoms with Crippen LogP contribution in [-0.2, 0) is 11.2 Å². The number of fused-ring (bicyclic) bond motifs is 1. The zero-order chi connectivity index (χ0) is 10.5. The smallest absolute Gasteiger partial charge is 0.0931 e. The molecule has 15 heavy (non-hydrogen) atoms. The maximum absolute atomic E-state index is 8.54. The highest BCUT2D eigenvalue weighted by molar-refractivity contribution is 5.74. The third kappa shape index (κ3) is 2.55. The summed E-state index contributed by atoms with van der Waals surface area (Å²) >= 11 is 0. The number of nitrogens with zero attached hydrogens (tertiary/aromatic N) is 1. The maximum Gasteiger partial charge on any atom is 0.0931 e. The molecule has 1 aromatic heterocycles. The minimum atomic E-state index is 0.0829. The fourth-order valence-electron chi connectivity index (χ4n) is 1.49. The second-order valence-electron chi connectivity index (χ2n) is 3.34. The molecule has 0 aliphatic rings. The largest absolute Gasteiger partial charge is 0.394 e. The number of aromatic amines is 1. The molecule has 0 saturated carbocycles. The van der Waals surface area contributed by atoms with Gasteiger partial charge in [0, 0.05) is 0 Å². The van der Waals surface area contributed by atoms with E-state index in [1.807, 2.05) is 12.1 Å². The van der Waals surface area contributed by atoms with Crippen molar-refractivity contribution in [3.63, 3.8) is 0 Å². The Bertz CT molecular complexity index is 425. The van der Waals surface area contributed by atoms with Crippen molar-refractivity contribution in [3.05, 3.63) is 30.1 Å². The van der Waals surface area contributed by atoms with E-state index in [1.165, 1.54) is 5.56 Å². The third-order valence-corrected chi connectivity index (χ3v) is 2.26. The van der Waals surface area contributed by atoms with Crippen LogP contribution >= 0.6 is 0 Å². The zero-order valence-electron chi connectivity index (χ0n) is 8.44. The van der Waals surface area contributed by atoms with Gasteiger partial charge in [-0.1, -0.05) is 6.07 Å². The Hall–Kier alpha value is -1.39. The summed E-state index contributed by atoms with van der Waals surface area (Å²) in [5, 5.41) is 8.54. The van der Waals surface area contributed by atoms with Gasteiger partial charge in [0.2, 0.25) is 0 Å². The quantitative estimate of drug-likeness (QED) is 0.720. The standard InChI is InChI=1S/C11H14N2O2/c14-4-6-15-5-3-9-1-2-10-11(7-9)13-8-12-10/h1-2,7-8,14H,3-6H2,(H,12,13). The summed E-state index contributed by atoms with van der Waals surface area (Å²) in [5.74, 6) is 0. The van der Waals surface area contributed by atoms with Crippen molar-refractivity contribution in [2.24, 2.45) is 0 Å². The van der Waals surface area contributed by atoms with Gasteiger partial charge in [0.05, 0.1) is 37.2 Å². The fourth-order valence-corrected chi connectivity index (χ4v) is 1.49. The number of aliphatic hydroxyl groups excluding tert-OH is 1. The highest BCUT2D eigenvalue weighted by atomic mass is 16.5. The summed E-state index contributed by atoms with van der Waals surface area (Å²) in [6.45, 7) is 1.13. The molecule has 0 spiro atoms. The number of aliphatic hydroxyl groups is 1. The van der Waals surface area contributed by atoms with Crippen molar-refractivity contribution < 1.29 is 9.84 Å². The Morgan fingerprint density at radius 3 is 3.13 bits per heavy atom. The van der Waals surface area contributed by atoms with E-state index in [0.29, 0.717) is 13.2 Å². The Balaban J connectivity index is 1.96. The van der Waals surface area contributed by atoms with Crippen LogP contribution in [-0.4, -0.2) is 34.9 Å². The number of hydrogen-bond donors (Lipinski definition) is 2. The number of aromatic nitrogens is 2. The summed E-state index contributed by atoms with van der Waals surface area (Å²) in [5.41, 5.74) is 3.24. The van der Waals surface area contributed by atoms with Crippen molar-refractivity contribution in [3.8, 4) is 0 Å². The summed E-state index contributed by atoms with van der Waals surface area (Å²) in [6, 6.07) is 6.11. The van der Waals surface area contributed by atoms with Gasteiger partial charge >= 0.3 is 0 Å². The van der Waals surface area contributed by atoms with Crippen LogP contribution in [0.15, 0.2) is 24.5 Å². The molecule has 1 aromatic carbocycles. The number of ether oxygens (including phenoxy) is 1. The lowest BCUT2D eigenvalue weighted by Crippen LogP contribution is -2.03. The Labute approximate surface area is 87.9 Å². The molecule has 4 heteroatoms. The molecule has 2 rings (SSSR count). The topological polar surface area (TPSA) is 58.1 Å². The second kappa shape index (κ2) is 4.91. The minimum Gasteiger partial charge on any atom is -0.394 e. The molecule has 2 aromatic rings. The third-order valence-electron chi connectivity index (χ3n) is 2.26. The predicted molar refractivity (Wildman–Crippen MR) is 57.7 cm³/mol. The number of imidazole rings is 1. The average Bonchev–Trinajstić information content (AvgIpc) is 2.71. The fraction of sp³-hybridized carbons (Fsp3) is 0.364. The first-order valence-electron chi connectivity index (χ1n) is 5.01. The van der Waals surface area contributed by atoms with Crippen LogP contribution in [0.25, 0.3) is 11.0 Å². The highest BCUT2D eigenvalue weighted by Gasteiger charge is 1.98. The second-order valence-corrected chi connectivity index (χ2v) is 3.34. The van der Waals surface area contributed by atoms with Crippen LogP contribution in [0.5, 0.6) is 0 Å². The Morgan fingerprint density at radius 1 is 1.33 bits per heavy atom. The highest BCUT2D eigenvalue weighted by Crippen LogP contribution is 2.11. The van der Waals surface area contributed by atoms with Crippen LogP contribution in [0.1, 0.15) is 5.56 Å². The first-order chi connectivity index (χ1) is 7.40. The first-order valence-corrected chi connectivity index (χ1v) is 5.01. The number of hydrogen-bond acceptors (Lipinski definition) is 3. The summed E-state index contributed by atoms with van der Waals surface area (Å²) in [6.07, 6.45) is 2.55. The van der Waals surface area contributed by atoms with E-state index in [-0.39, 0.29) is 6.61 Å². The van der Waals surface area contributed by atoms with E-state index in [1.54, 1.807) is 6.33 Å². The predicted octanol–water partition coefficient (Wildman–Crippen LogP) is 1.11. The van der Waals surface area contributed by atoms with Gasteiger partial charge in [0.25, 0.3) is 0 Å². The van der Waals surface area contributed by atoms with Gasteiger partial charge in [-0.3, -0.25) is 0 Å². The molecule has 0 aliphatic carbocycles. The molecule has 0 radical (unpaired) electrons. The Morgan fingerprint density at radius 2 is 2.27 bits per heavy atom. The lowest BCUT2D eigenvalue weighted by Gasteiger charge is -2.02. The van der Waals surface area contributed by atoms with Crippen LogP contribution in [0.3, 0.4) is 0 Å². The van der Waals surface area contributed by atoms with Gasteiger partial charge in [0.1, 0.15) is 0 Å². The monoisotopic (exact) mass is 206 g/mol. The van der Waals surface area contributed by atoms with Crippen molar-refractivity contribution in [2.75, 3.05) is 19.8 Å². The van der Waals surface area contributed by atoms with E-state index < -0.39 is 0 Å². The van der Waals surface area contributed by atoms with Gasteiger partial charge in [-0.25, -0.2) is 4.98 Å². The molecule has 80 valence electrons. The molecule has 0 unspecified atom stereocenters. The summed E-state index contributed by atoms with van der Waals surface area (Å²) in [4.78, 5) is 7.22. The van der Waals surface area contributed by atoms with Gasteiger partial charge in [0.15, 0.2) is 0 Å². The molecular formula is C11H14N2O2. The van der Waals surface area contributed by atoms with E-state index in [4.69, 9.17) is 9.84 Å². The number of H-pyrrole nitrogens is 1. The zero-order valence-corrected chi connectivity index (χ0v) is 8.44. The molecule has 1 heterocycles. The van der Waals surface area contributed by atoms with Crippen molar-refractivity contribution in [1.29, 1.82) is 0 Å². The van der Waals surface area contributed by atoms with Crippen LogP contribution in [0, 0.1) is 0 Å². The molecule has 0 amide bonds. The van der Waals surface area contributed by atoms with E-state index in [0.717, 1.165) is 17.5 Å². The van der Waals surface area contributed by atoms with Gasteiger partial charge in [-0.05, 0) is 24.1 Å². The van der Waals surface area contributed by atoms with E-state index in [2.05, 4.69) is 16.0 Å². The van der Waals surface area contributed by atoms with E-state index >= 15 is 0 Å². The first kappa shape index (κ1) is 10.1. The summed E-state index contributed by atoms with van der Waals surface area (Å²) < 4.78 is 5.20. The van der Waals surface area contributed by atoms with Crippen molar-refractivity contribution in [2.45, 2.75) is 6.42 Å².